The van der Waals surface area contributed by atoms with Crippen molar-refractivity contribution in [3.8, 4) is 11.5 Å². The van der Waals surface area contributed by atoms with E-state index in [0.717, 1.165) is 43.2 Å². The molecule has 8 heteroatoms. The highest BCUT2D eigenvalue weighted by molar-refractivity contribution is 7.89. The van der Waals surface area contributed by atoms with E-state index in [1.807, 2.05) is 35.2 Å². The molecule has 0 unspecified atom stereocenters. The minimum absolute atomic E-state index is 0.157. The van der Waals surface area contributed by atoms with Crippen LogP contribution in [0.5, 0.6) is 11.5 Å². The van der Waals surface area contributed by atoms with Crippen LogP contribution in [-0.4, -0.2) is 50.8 Å². The standard InChI is InChI=1S/C31H38N2O5S/c1-24-9-11-26(12-10-24)20-32(23-34)28-15-13-27(14-16-28)22-33(21-25-7-5-4-6-8-25)39(35,36)29-17-18-30(37-2)31(19-29)38-3/h4-12,17-19,23,27-28H,13-16,20-22H2,1-3H3. The summed E-state index contributed by atoms with van der Waals surface area (Å²) in [5, 5.41) is 0. The molecule has 0 spiro atoms. The van der Waals surface area contributed by atoms with Gasteiger partial charge in [0.25, 0.3) is 0 Å². The summed E-state index contributed by atoms with van der Waals surface area (Å²) in [5.74, 6) is 1.06. The van der Waals surface area contributed by atoms with E-state index in [-0.39, 0.29) is 23.4 Å². The minimum Gasteiger partial charge on any atom is -0.493 e. The van der Waals surface area contributed by atoms with Crippen molar-refractivity contribution < 1.29 is 22.7 Å². The average molecular weight is 551 g/mol. The van der Waals surface area contributed by atoms with Gasteiger partial charge in [-0.05, 0) is 61.8 Å². The van der Waals surface area contributed by atoms with E-state index in [1.165, 1.54) is 25.8 Å². The fourth-order valence-corrected chi connectivity index (χ4v) is 6.78. The molecule has 0 radical (unpaired) electrons. The van der Waals surface area contributed by atoms with Crippen LogP contribution < -0.4 is 9.47 Å². The maximum absolute atomic E-state index is 13.9. The number of methoxy groups -OCH3 is 2. The van der Waals surface area contributed by atoms with E-state index >= 15 is 0 Å². The van der Waals surface area contributed by atoms with Gasteiger partial charge in [-0.25, -0.2) is 8.42 Å². The third-order valence-corrected chi connectivity index (χ3v) is 9.37. The van der Waals surface area contributed by atoms with E-state index in [4.69, 9.17) is 9.47 Å². The zero-order valence-electron chi connectivity index (χ0n) is 23.0. The number of carbonyl (C=O) groups is 1. The highest BCUT2D eigenvalue weighted by Crippen LogP contribution is 2.33. The molecule has 1 saturated carbocycles. The van der Waals surface area contributed by atoms with Gasteiger partial charge < -0.3 is 14.4 Å². The van der Waals surface area contributed by atoms with Crippen molar-refractivity contribution in [2.45, 2.75) is 56.6 Å². The number of aryl methyl sites for hydroxylation is 1. The Morgan fingerprint density at radius 1 is 0.821 bits per heavy atom. The molecule has 1 aliphatic rings. The summed E-state index contributed by atoms with van der Waals surface area (Å²) in [6, 6.07) is 22.8. The van der Waals surface area contributed by atoms with Gasteiger partial charge in [0.2, 0.25) is 16.4 Å². The van der Waals surface area contributed by atoms with Gasteiger partial charge in [-0.2, -0.15) is 4.31 Å². The number of nitrogens with zero attached hydrogens (tertiary/aromatic N) is 2. The summed E-state index contributed by atoms with van der Waals surface area (Å²) < 4.78 is 40.1. The number of hydrogen-bond donors (Lipinski definition) is 0. The van der Waals surface area contributed by atoms with Crippen molar-refractivity contribution in [2.75, 3.05) is 20.8 Å². The van der Waals surface area contributed by atoms with Gasteiger partial charge in [-0.1, -0.05) is 60.2 Å². The maximum atomic E-state index is 13.9. The van der Waals surface area contributed by atoms with E-state index in [1.54, 1.807) is 16.4 Å². The first-order valence-corrected chi connectivity index (χ1v) is 14.8. The second-order valence-corrected chi connectivity index (χ2v) is 12.2. The fraction of sp³-hybridized carbons (Fsp3) is 0.387. The Morgan fingerprint density at radius 2 is 1.46 bits per heavy atom. The highest BCUT2D eigenvalue weighted by Gasteiger charge is 2.32. The van der Waals surface area contributed by atoms with Gasteiger partial charge in [-0.15, -0.1) is 0 Å². The Labute approximate surface area is 232 Å². The number of carbonyl (C=O) groups excluding carboxylic acids is 1. The second kappa shape index (κ2) is 13.1. The van der Waals surface area contributed by atoms with Crippen molar-refractivity contribution in [1.29, 1.82) is 0 Å². The van der Waals surface area contributed by atoms with Crippen molar-refractivity contribution in [1.82, 2.24) is 9.21 Å². The van der Waals surface area contributed by atoms with Gasteiger partial charge in [0, 0.05) is 31.7 Å². The maximum Gasteiger partial charge on any atom is 0.243 e. The zero-order chi connectivity index (χ0) is 27.8. The SMILES string of the molecule is COc1ccc(S(=O)(=O)N(Cc2ccccc2)CC2CCC(N(C=O)Cc3ccc(C)cc3)CC2)cc1OC. The second-order valence-electron chi connectivity index (χ2n) is 10.2. The van der Waals surface area contributed by atoms with Crippen LogP contribution in [0.15, 0.2) is 77.7 Å². The monoisotopic (exact) mass is 550 g/mol. The van der Waals surface area contributed by atoms with Crippen molar-refractivity contribution in [3.05, 3.63) is 89.5 Å². The molecule has 0 heterocycles. The lowest BCUT2D eigenvalue weighted by Crippen LogP contribution is -2.40. The van der Waals surface area contributed by atoms with Crippen LogP contribution in [0.3, 0.4) is 0 Å². The first kappa shape index (κ1) is 28.6. The van der Waals surface area contributed by atoms with Crippen LogP contribution in [0.2, 0.25) is 0 Å². The summed E-state index contributed by atoms with van der Waals surface area (Å²) >= 11 is 0. The molecule has 0 aliphatic heterocycles. The van der Waals surface area contributed by atoms with Crippen LogP contribution in [0, 0.1) is 12.8 Å². The number of rotatable bonds is 12. The molecule has 3 aromatic rings. The van der Waals surface area contributed by atoms with Crippen molar-refractivity contribution >= 4 is 16.4 Å². The lowest BCUT2D eigenvalue weighted by molar-refractivity contribution is -0.121. The molecule has 1 aliphatic carbocycles. The molecule has 208 valence electrons. The van der Waals surface area contributed by atoms with Crippen LogP contribution in [0.1, 0.15) is 42.4 Å². The average Bonchev–Trinajstić information content (AvgIpc) is 2.97. The van der Waals surface area contributed by atoms with Gasteiger partial charge in [0.15, 0.2) is 11.5 Å². The first-order valence-electron chi connectivity index (χ1n) is 13.4. The Kier molecular flexibility index (Phi) is 9.64. The van der Waals surface area contributed by atoms with E-state index in [9.17, 15) is 13.2 Å². The Morgan fingerprint density at radius 3 is 2.08 bits per heavy atom. The third-order valence-electron chi connectivity index (χ3n) is 7.56. The molecule has 0 aromatic heterocycles. The van der Waals surface area contributed by atoms with Crippen molar-refractivity contribution in [3.63, 3.8) is 0 Å². The number of amides is 1. The molecule has 7 nitrogen and oxygen atoms in total. The van der Waals surface area contributed by atoms with E-state index in [0.29, 0.717) is 24.6 Å². The third kappa shape index (κ3) is 7.19. The predicted molar refractivity (Wildman–Crippen MR) is 152 cm³/mol. The Balaban J connectivity index is 1.48. The molecular formula is C31H38N2O5S. The zero-order valence-corrected chi connectivity index (χ0v) is 23.8. The summed E-state index contributed by atoms with van der Waals surface area (Å²) in [4.78, 5) is 14.0. The summed E-state index contributed by atoms with van der Waals surface area (Å²) in [5.41, 5.74) is 3.24. The number of hydrogen-bond acceptors (Lipinski definition) is 5. The van der Waals surface area contributed by atoms with Crippen LogP contribution in [0.4, 0.5) is 0 Å². The quantitative estimate of drug-likeness (QED) is 0.282. The Hall–Kier alpha value is -3.36. The number of sulfonamides is 1. The highest BCUT2D eigenvalue weighted by atomic mass is 32.2. The summed E-state index contributed by atoms with van der Waals surface area (Å²) in [7, 11) is -0.783. The first-order chi connectivity index (χ1) is 18.8. The van der Waals surface area contributed by atoms with Gasteiger partial charge in [0.05, 0.1) is 19.1 Å². The molecule has 0 N–H and O–H groups in total. The van der Waals surface area contributed by atoms with E-state index < -0.39 is 10.0 Å². The minimum atomic E-state index is -3.80. The summed E-state index contributed by atoms with van der Waals surface area (Å²) in [6.45, 7) is 3.34. The molecule has 1 fully saturated rings. The van der Waals surface area contributed by atoms with Crippen molar-refractivity contribution in [2.24, 2.45) is 5.92 Å². The summed E-state index contributed by atoms with van der Waals surface area (Å²) in [6.07, 6.45) is 4.37. The lowest BCUT2D eigenvalue weighted by atomic mass is 9.85. The molecule has 39 heavy (non-hydrogen) atoms. The number of benzene rings is 3. The van der Waals surface area contributed by atoms with Gasteiger partial charge >= 0.3 is 0 Å². The predicted octanol–water partition coefficient (Wildman–Crippen LogP) is 5.42. The van der Waals surface area contributed by atoms with Crippen LogP contribution in [0.25, 0.3) is 0 Å². The lowest BCUT2D eigenvalue weighted by Gasteiger charge is -2.36. The molecular weight excluding hydrogens is 512 g/mol. The molecule has 3 aromatic carbocycles. The number of ether oxygens (including phenoxy) is 2. The molecule has 1 amide bonds. The normalized spacial score (nSPS) is 17.5. The fourth-order valence-electron chi connectivity index (χ4n) is 5.26. The smallest absolute Gasteiger partial charge is 0.243 e. The Bertz CT molecular complexity index is 1320. The molecule has 0 bridgehead atoms. The van der Waals surface area contributed by atoms with Crippen LogP contribution >= 0.6 is 0 Å². The van der Waals surface area contributed by atoms with Gasteiger partial charge in [0.1, 0.15) is 0 Å². The largest absolute Gasteiger partial charge is 0.493 e. The van der Waals surface area contributed by atoms with Crippen LogP contribution in [-0.2, 0) is 27.9 Å². The molecule has 4 rings (SSSR count). The molecule has 0 atom stereocenters. The van der Waals surface area contributed by atoms with Gasteiger partial charge in [-0.3, -0.25) is 4.79 Å². The topological polar surface area (TPSA) is 76.2 Å². The van der Waals surface area contributed by atoms with E-state index in [2.05, 4.69) is 31.2 Å². The molecule has 0 saturated heterocycles.